The molecule has 0 saturated carbocycles. The van der Waals surface area contributed by atoms with Gasteiger partial charge < -0.3 is 15.0 Å². The summed E-state index contributed by atoms with van der Waals surface area (Å²) in [4.78, 5) is 14.6. The van der Waals surface area contributed by atoms with Gasteiger partial charge >= 0.3 is 0 Å². The minimum atomic E-state index is -0.215. The normalized spacial score (nSPS) is 13.7. The van der Waals surface area contributed by atoms with Gasteiger partial charge in [-0.2, -0.15) is 0 Å². The summed E-state index contributed by atoms with van der Waals surface area (Å²) in [6.45, 7) is 2.01. The van der Waals surface area contributed by atoms with Gasteiger partial charge in [0.1, 0.15) is 5.75 Å². The number of benzene rings is 3. The zero-order valence-corrected chi connectivity index (χ0v) is 15.7. The quantitative estimate of drug-likeness (QED) is 0.668. The predicted molar refractivity (Wildman–Crippen MR) is 111 cm³/mol. The Balaban J connectivity index is 1.40. The molecule has 1 aliphatic heterocycles. The smallest absolute Gasteiger partial charge is 0.262 e. The van der Waals surface area contributed by atoms with Gasteiger partial charge in [-0.05, 0) is 42.5 Å². The van der Waals surface area contributed by atoms with Crippen molar-refractivity contribution >= 4 is 39.7 Å². The number of ether oxygens (including phenoxy) is 1. The van der Waals surface area contributed by atoms with E-state index >= 15 is 0 Å². The highest BCUT2D eigenvalue weighted by Gasteiger charge is 2.15. The summed E-state index contributed by atoms with van der Waals surface area (Å²) in [5, 5.41) is 5.58. The van der Waals surface area contributed by atoms with Crippen LogP contribution < -0.4 is 15.0 Å². The van der Waals surface area contributed by atoms with Gasteiger partial charge in [0.15, 0.2) is 6.61 Å². The van der Waals surface area contributed by atoms with Crippen molar-refractivity contribution in [3.63, 3.8) is 0 Å². The van der Waals surface area contributed by atoms with E-state index in [1.165, 1.54) is 12.8 Å². The molecule has 3 aromatic carbocycles. The number of nitrogens with one attached hydrogen (secondary N) is 1. The van der Waals surface area contributed by atoms with Crippen LogP contribution >= 0.6 is 11.6 Å². The molecule has 1 fully saturated rings. The Morgan fingerprint density at radius 2 is 1.81 bits per heavy atom. The molecular weight excluding hydrogens is 360 g/mol. The number of hydrogen-bond acceptors (Lipinski definition) is 3. The topological polar surface area (TPSA) is 41.6 Å². The maximum absolute atomic E-state index is 12.3. The van der Waals surface area contributed by atoms with Crippen LogP contribution in [-0.4, -0.2) is 25.6 Å². The van der Waals surface area contributed by atoms with Crippen molar-refractivity contribution in [1.29, 1.82) is 0 Å². The molecule has 0 aromatic heterocycles. The number of anilines is 2. The van der Waals surface area contributed by atoms with E-state index in [0.29, 0.717) is 16.5 Å². The third-order valence-corrected chi connectivity index (χ3v) is 5.09. The third-order valence-electron chi connectivity index (χ3n) is 4.79. The molecule has 0 bridgehead atoms. The Hall–Kier alpha value is -2.72. The number of carbonyl (C=O) groups excluding carboxylic acids is 1. The van der Waals surface area contributed by atoms with Crippen LogP contribution in [0, 0.1) is 0 Å². The second-order valence-corrected chi connectivity index (χ2v) is 7.08. The summed E-state index contributed by atoms with van der Waals surface area (Å²) in [7, 11) is 0. The highest BCUT2D eigenvalue weighted by Crippen LogP contribution is 2.31. The number of carbonyl (C=O) groups is 1. The van der Waals surface area contributed by atoms with Crippen molar-refractivity contribution in [1.82, 2.24) is 0 Å². The largest absolute Gasteiger partial charge is 0.483 e. The van der Waals surface area contributed by atoms with Gasteiger partial charge in [-0.3, -0.25) is 4.79 Å². The van der Waals surface area contributed by atoms with Crippen molar-refractivity contribution in [3.05, 3.63) is 65.7 Å². The lowest BCUT2D eigenvalue weighted by Gasteiger charge is -2.19. The zero-order chi connectivity index (χ0) is 18.6. The van der Waals surface area contributed by atoms with Crippen molar-refractivity contribution in [3.8, 4) is 5.75 Å². The van der Waals surface area contributed by atoms with Gasteiger partial charge in [-0.1, -0.05) is 48.0 Å². The van der Waals surface area contributed by atoms with Gasteiger partial charge in [0.25, 0.3) is 5.91 Å². The molecule has 1 N–H and O–H groups in total. The minimum absolute atomic E-state index is 0.0560. The number of amides is 1. The summed E-state index contributed by atoms with van der Waals surface area (Å²) in [5.41, 5.74) is 1.70. The molecule has 0 spiro atoms. The summed E-state index contributed by atoms with van der Waals surface area (Å²) in [5.74, 6) is 0.485. The highest BCUT2D eigenvalue weighted by molar-refractivity contribution is 6.33. The summed E-state index contributed by atoms with van der Waals surface area (Å²) in [6.07, 6.45) is 2.39. The second-order valence-electron chi connectivity index (χ2n) is 6.67. The number of halogens is 1. The summed E-state index contributed by atoms with van der Waals surface area (Å²) in [6, 6.07) is 19.4. The maximum Gasteiger partial charge on any atom is 0.262 e. The van der Waals surface area contributed by atoms with E-state index in [1.54, 1.807) is 6.07 Å². The van der Waals surface area contributed by atoms with Gasteiger partial charge in [-0.15, -0.1) is 0 Å². The molecule has 3 aromatic rings. The Morgan fingerprint density at radius 1 is 1.04 bits per heavy atom. The van der Waals surface area contributed by atoms with Crippen molar-refractivity contribution < 1.29 is 9.53 Å². The Kier molecular flexibility index (Phi) is 5.16. The first-order valence-corrected chi connectivity index (χ1v) is 9.53. The van der Waals surface area contributed by atoms with Gasteiger partial charge in [0, 0.05) is 24.2 Å². The van der Waals surface area contributed by atoms with Crippen molar-refractivity contribution in [2.75, 3.05) is 29.9 Å². The lowest BCUT2D eigenvalue weighted by atomic mass is 10.1. The van der Waals surface area contributed by atoms with Crippen molar-refractivity contribution in [2.24, 2.45) is 0 Å². The van der Waals surface area contributed by atoms with E-state index in [4.69, 9.17) is 16.3 Å². The average Bonchev–Trinajstić information content (AvgIpc) is 3.21. The van der Waals surface area contributed by atoms with E-state index in [1.807, 2.05) is 54.6 Å². The summed E-state index contributed by atoms with van der Waals surface area (Å²) < 4.78 is 5.74. The van der Waals surface area contributed by atoms with E-state index in [-0.39, 0.29) is 12.5 Å². The van der Waals surface area contributed by atoms with Crippen LogP contribution in [0.15, 0.2) is 60.7 Å². The number of fused-ring (bicyclic) bond motifs is 1. The van der Waals surface area contributed by atoms with Crippen LogP contribution in [0.5, 0.6) is 5.75 Å². The van der Waals surface area contributed by atoms with Gasteiger partial charge in [0.05, 0.1) is 10.7 Å². The fourth-order valence-corrected chi connectivity index (χ4v) is 3.76. The molecule has 1 amide bonds. The van der Waals surface area contributed by atoms with Gasteiger partial charge in [0.2, 0.25) is 0 Å². The first kappa shape index (κ1) is 17.7. The fraction of sp³-hybridized carbons (Fsp3) is 0.227. The van der Waals surface area contributed by atoms with Crippen LogP contribution in [0.2, 0.25) is 5.02 Å². The van der Waals surface area contributed by atoms with Crippen LogP contribution in [0.1, 0.15) is 12.8 Å². The first-order valence-electron chi connectivity index (χ1n) is 9.15. The molecule has 0 aliphatic carbocycles. The molecule has 0 radical (unpaired) electrons. The van der Waals surface area contributed by atoms with E-state index in [2.05, 4.69) is 10.2 Å². The number of rotatable bonds is 5. The fourth-order valence-electron chi connectivity index (χ4n) is 3.46. The molecule has 4 rings (SSSR count). The van der Waals surface area contributed by atoms with Crippen LogP contribution in [0.25, 0.3) is 10.8 Å². The molecule has 0 unspecified atom stereocenters. The van der Waals surface area contributed by atoms with Crippen LogP contribution in [-0.2, 0) is 4.79 Å². The first-order chi connectivity index (χ1) is 13.2. The molecule has 4 nitrogen and oxygen atoms in total. The SMILES string of the molecule is O=C(COc1cccc2ccccc12)Nc1ccc(N2CCCC2)c(Cl)c1. The predicted octanol–water partition coefficient (Wildman–Crippen LogP) is 5.11. The summed E-state index contributed by atoms with van der Waals surface area (Å²) >= 11 is 6.41. The Labute approximate surface area is 163 Å². The molecule has 0 atom stereocenters. The zero-order valence-electron chi connectivity index (χ0n) is 15.0. The van der Waals surface area contributed by atoms with E-state index in [9.17, 15) is 4.79 Å². The standard InChI is InChI=1S/C22H21ClN2O2/c23-19-14-17(10-11-20(19)25-12-3-4-13-25)24-22(26)15-27-21-9-5-7-16-6-1-2-8-18(16)21/h1-2,5-11,14H,3-4,12-13,15H2,(H,24,26). The monoisotopic (exact) mass is 380 g/mol. The lowest BCUT2D eigenvalue weighted by molar-refractivity contribution is -0.118. The van der Waals surface area contributed by atoms with E-state index < -0.39 is 0 Å². The lowest BCUT2D eigenvalue weighted by Crippen LogP contribution is -2.21. The maximum atomic E-state index is 12.3. The highest BCUT2D eigenvalue weighted by atomic mass is 35.5. The molecule has 27 heavy (non-hydrogen) atoms. The molecule has 1 heterocycles. The minimum Gasteiger partial charge on any atom is -0.483 e. The third kappa shape index (κ3) is 4.01. The van der Waals surface area contributed by atoms with Crippen LogP contribution in [0.3, 0.4) is 0 Å². The Morgan fingerprint density at radius 3 is 2.63 bits per heavy atom. The van der Waals surface area contributed by atoms with E-state index in [0.717, 1.165) is 29.5 Å². The van der Waals surface area contributed by atoms with Crippen LogP contribution in [0.4, 0.5) is 11.4 Å². The van der Waals surface area contributed by atoms with Crippen molar-refractivity contribution in [2.45, 2.75) is 12.8 Å². The Bertz CT molecular complexity index is 962. The molecule has 1 saturated heterocycles. The molecule has 138 valence electrons. The molecular formula is C22H21ClN2O2. The number of nitrogens with zero attached hydrogens (tertiary/aromatic N) is 1. The molecule has 1 aliphatic rings. The molecule has 5 heteroatoms. The van der Waals surface area contributed by atoms with Gasteiger partial charge in [-0.25, -0.2) is 0 Å². The average molecular weight is 381 g/mol. The number of hydrogen-bond donors (Lipinski definition) is 1. The second kappa shape index (κ2) is 7.89.